The van der Waals surface area contributed by atoms with Crippen LogP contribution in [0.3, 0.4) is 0 Å². The zero-order valence-electron chi connectivity index (χ0n) is 14.7. The van der Waals surface area contributed by atoms with Crippen molar-refractivity contribution in [2.24, 2.45) is 5.41 Å². The molecule has 0 amide bonds. The number of halogens is 1. The molecule has 2 aliphatic heterocycles. The summed E-state index contributed by atoms with van der Waals surface area (Å²) in [6, 6.07) is 4.52. The van der Waals surface area contributed by atoms with Gasteiger partial charge in [-0.15, -0.1) is 0 Å². The second-order valence-electron chi connectivity index (χ2n) is 7.38. The third-order valence-electron chi connectivity index (χ3n) is 5.42. The van der Waals surface area contributed by atoms with Gasteiger partial charge in [0, 0.05) is 18.5 Å². The summed E-state index contributed by atoms with van der Waals surface area (Å²) in [6.45, 7) is 6.18. The molecule has 4 rings (SSSR count). The van der Waals surface area contributed by atoms with E-state index in [1.807, 2.05) is 6.92 Å². The molecule has 0 atom stereocenters. The molecular weight excluding hydrogens is 319 g/mol. The van der Waals surface area contributed by atoms with E-state index in [0.29, 0.717) is 16.9 Å². The van der Waals surface area contributed by atoms with Crippen LogP contribution < -0.4 is 9.64 Å². The van der Waals surface area contributed by atoms with Crippen LogP contribution in [0, 0.1) is 18.2 Å². The zero-order valence-corrected chi connectivity index (χ0v) is 14.7. The van der Waals surface area contributed by atoms with Crippen LogP contribution in [0.2, 0.25) is 0 Å². The predicted octanol–water partition coefficient (Wildman–Crippen LogP) is 3.25. The first kappa shape index (κ1) is 16.3. The highest BCUT2D eigenvalue weighted by atomic mass is 19.1. The van der Waals surface area contributed by atoms with E-state index in [0.717, 1.165) is 37.6 Å². The molecule has 1 spiro atoms. The fourth-order valence-corrected chi connectivity index (χ4v) is 3.79. The summed E-state index contributed by atoms with van der Waals surface area (Å²) in [4.78, 5) is 13.2. The summed E-state index contributed by atoms with van der Waals surface area (Å²) in [5.74, 6) is 1.82. The number of anilines is 1. The fourth-order valence-electron chi connectivity index (χ4n) is 3.79. The fraction of sp³-hybridized carbons (Fsp3) is 0.474. The van der Waals surface area contributed by atoms with E-state index in [4.69, 9.17) is 4.74 Å². The first-order chi connectivity index (χ1) is 12.0. The molecule has 1 aromatic heterocycles. The Bertz CT molecular complexity index is 766. The normalized spacial score (nSPS) is 19.7. The highest BCUT2D eigenvalue weighted by molar-refractivity contribution is 5.55. The maximum Gasteiger partial charge on any atom is 0.188 e. The number of rotatable bonds is 3. The number of ether oxygens (including phenoxy) is 1. The largest absolute Gasteiger partial charge is 0.452 e. The van der Waals surface area contributed by atoms with Gasteiger partial charge in [0.1, 0.15) is 17.9 Å². The van der Waals surface area contributed by atoms with Gasteiger partial charge in [0.05, 0.1) is 6.20 Å². The molecule has 6 heteroatoms. The van der Waals surface area contributed by atoms with Gasteiger partial charge >= 0.3 is 0 Å². The zero-order chi connectivity index (χ0) is 17.4. The van der Waals surface area contributed by atoms with E-state index < -0.39 is 0 Å². The summed E-state index contributed by atoms with van der Waals surface area (Å²) in [7, 11) is 2.19. The molecule has 0 unspecified atom stereocenters. The Labute approximate surface area is 147 Å². The highest BCUT2D eigenvalue weighted by Gasteiger charge is 2.45. The number of hydrogen-bond acceptors (Lipinski definition) is 5. The Morgan fingerprint density at radius 1 is 1.16 bits per heavy atom. The number of benzene rings is 1. The Kier molecular flexibility index (Phi) is 4.07. The molecule has 1 aromatic carbocycles. The van der Waals surface area contributed by atoms with Gasteiger partial charge in [-0.2, -0.15) is 0 Å². The molecule has 5 nitrogen and oxygen atoms in total. The number of nitrogens with zero attached hydrogens (tertiary/aromatic N) is 4. The quantitative estimate of drug-likeness (QED) is 0.856. The minimum absolute atomic E-state index is 0.263. The molecule has 0 aliphatic carbocycles. The van der Waals surface area contributed by atoms with Crippen LogP contribution in [-0.4, -0.2) is 48.1 Å². The molecule has 2 aromatic rings. The minimum atomic E-state index is -0.263. The van der Waals surface area contributed by atoms with Gasteiger partial charge < -0.3 is 14.5 Å². The summed E-state index contributed by atoms with van der Waals surface area (Å²) in [5, 5.41) is 0. The monoisotopic (exact) mass is 342 g/mol. The summed E-state index contributed by atoms with van der Waals surface area (Å²) >= 11 is 0. The molecule has 0 radical (unpaired) electrons. The second kappa shape index (κ2) is 6.26. The lowest BCUT2D eigenvalue weighted by Gasteiger charge is -2.54. The van der Waals surface area contributed by atoms with E-state index in [-0.39, 0.29) is 5.82 Å². The first-order valence-electron chi connectivity index (χ1n) is 8.72. The SMILES string of the molecule is Cc1cc(F)ccc1Oc1cncnc1N1CC2(CCN(C)CC2)C1. The van der Waals surface area contributed by atoms with Crippen molar-refractivity contribution in [2.45, 2.75) is 19.8 Å². The van der Waals surface area contributed by atoms with Crippen LogP contribution in [0.15, 0.2) is 30.7 Å². The van der Waals surface area contributed by atoms with Crippen molar-refractivity contribution in [3.05, 3.63) is 42.1 Å². The third kappa shape index (κ3) is 3.18. The molecule has 2 fully saturated rings. The Morgan fingerprint density at radius 3 is 2.64 bits per heavy atom. The van der Waals surface area contributed by atoms with Gasteiger partial charge in [-0.3, -0.25) is 0 Å². The number of aromatic nitrogens is 2. The van der Waals surface area contributed by atoms with E-state index in [1.54, 1.807) is 18.6 Å². The summed E-state index contributed by atoms with van der Waals surface area (Å²) in [6.07, 6.45) is 5.71. The van der Waals surface area contributed by atoms with Crippen molar-refractivity contribution < 1.29 is 9.13 Å². The van der Waals surface area contributed by atoms with Gasteiger partial charge in [-0.05, 0) is 63.7 Å². The van der Waals surface area contributed by atoms with E-state index in [2.05, 4.69) is 26.8 Å². The molecule has 2 saturated heterocycles. The average molecular weight is 342 g/mol. The van der Waals surface area contributed by atoms with Crippen molar-refractivity contribution in [2.75, 3.05) is 38.1 Å². The lowest BCUT2D eigenvalue weighted by atomic mass is 9.72. The maximum atomic E-state index is 13.3. The van der Waals surface area contributed by atoms with Crippen LogP contribution in [-0.2, 0) is 0 Å². The van der Waals surface area contributed by atoms with Crippen LogP contribution in [0.1, 0.15) is 18.4 Å². The van der Waals surface area contributed by atoms with Crippen LogP contribution in [0.4, 0.5) is 10.2 Å². The van der Waals surface area contributed by atoms with E-state index in [9.17, 15) is 4.39 Å². The molecule has 0 bridgehead atoms. The van der Waals surface area contributed by atoms with Crippen LogP contribution in [0.25, 0.3) is 0 Å². The van der Waals surface area contributed by atoms with Crippen molar-refractivity contribution in [3.8, 4) is 11.5 Å². The number of aryl methyl sites for hydroxylation is 1. The van der Waals surface area contributed by atoms with E-state index in [1.165, 1.54) is 25.0 Å². The molecule has 3 heterocycles. The topological polar surface area (TPSA) is 41.5 Å². The van der Waals surface area contributed by atoms with Crippen molar-refractivity contribution >= 4 is 5.82 Å². The van der Waals surface area contributed by atoms with Gasteiger partial charge in [-0.25, -0.2) is 14.4 Å². The first-order valence-corrected chi connectivity index (χ1v) is 8.72. The second-order valence-corrected chi connectivity index (χ2v) is 7.38. The number of likely N-dealkylation sites (tertiary alicyclic amines) is 1. The molecule has 0 saturated carbocycles. The third-order valence-corrected chi connectivity index (χ3v) is 5.42. The van der Waals surface area contributed by atoms with Crippen molar-refractivity contribution in [1.82, 2.24) is 14.9 Å². The average Bonchev–Trinajstić information content (AvgIpc) is 2.57. The predicted molar refractivity (Wildman–Crippen MR) is 94.6 cm³/mol. The molecule has 2 aliphatic rings. The number of piperidine rings is 1. The van der Waals surface area contributed by atoms with Gasteiger partial charge in [0.15, 0.2) is 11.6 Å². The summed E-state index contributed by atoms with van der Waals surface area (Å²) in [5.41, 5.74) is 1.17. The minimum Gasteiger partial charge on any atom is -0.452 e. The van der Waals surface area contributed by atoms with Crippen LogP contribution >= 0.6 is 0 Å². The molecule has 132 valence electrons. The lowest BCUT2D eigenvalue weighted by molar-refractivity contribution is 0.0897. The van der Waals surface area contributed by atoms with Gasteiger partial charge in [0.25, 0.3) is 0 Å². The molecule has 25 heavy (non-hydrogen) atoms. The summed E-state index contributed by atoms with van der Waals surface area (Å²) < 4.78 is 19.3. The highest BCUT2D eigenvalue weighted by Crippen LogP contribution is 2.44. The smallest absolute Gasteiger partial charge is 0.188 e. The standard InChI is InChI=1S/C19H23FN4O/c1-14-9-15(20)3-4-16(14)25-17-10-21-13-22-18(17)24-11-19(12-24)5-7-23(2)8-6-19/h3-4,9-10,13H,5-8,11-12H2,1-2H3. The van der Waals surface area contributed by atoms with Gasteiger partial charge in [-0.1, -0.05) is 0 Å². The lowest BCUT2D eigenvalue weighted by Crippen LogP contribution is -2.60. The van der Waals surface area contributed by atoms with E-state index >= 15 is 0 Å². The maximum absolute atomic E-state index is 13.3. The van der Waals surface area contributed by atoms with Gasteiger partial charge in [0.2, 0.25) is 0 Å². The van der Waals surface area contributed by atoms with Crippen molar-refractivity contribution in [1.29, 1.82) is 0 Å². The number of hydrogen-bond donors (Lipinski definition) is 0. The molecular formula is C19H23FN4O. The Balaban J connectivity index is 1.51. The van der Waals surface area contributed by atoms with Crippen molar-refractivity contribution in [3.63, 3.8) is 0 Å². The Hall–Kier alpha value is -2.21. The van der Waals surface area contributed by atoms with Crippen LogP contribution in [0.5, 0.6) is 11.5 Å². The Morgan fingerprint density at radius 2 is 1.92 bits per heavy atom. The molecule has 0 N–H and O–H groups in total.